The van der Waals surface area contributed by atoms with Gasteiger partial charge in [-0.25, -0.2) is 4.39 Å². The molecule has 1 aliphatic rings. The Bertz CT molecular complexity index is 657. The van der Waals surface area contributed by atoms with Crippen molar-refractivity contribution in [1.82, 2.24) is 5.43 Å². The summed E-state index contributed by atoms with van der Waals surface area (Å²) in [7, 11) is 0. The summed E-state index contributed by atoms with van der Waals surface area (Å²) >= 11 is 6.14. The first-order chi connectivity index (χ1) is 10.2. The van der Waals surface area contributed by atoms with Crippen molar-refractivity contribution in [2.24, 2.45) is 5.84 Å². The summed E-state index contributed by atoms with van der Waals surface area (Å²) in [4.78, 5) is 0. The number of nitrogens with two attached hydrogens (primary N) is 1. The molecule has 0 aliphatic heterocycles. The Labute approximate surface area is 129 Å². The lowest BCUT2D eigenvalue weighted by Crippen LogP contribution is -2.29. The van der Waals surface area contributed by atoms with E-state index in [1.807, 2.05) is 0 Å². The van der Waals surface area contributed by atoms with Crippen molar-refractivity contribution >= 4 is 11.6 Å². The van der Waals surface area contributed by atoms with Gasteiger partial charge in [0.15, 0.2) is 0 Å². The largest absolute Gasteiger partial charge is 0.271 e. The predicted octanol–water partition coefficient (Wildman–Crippen LogP) is 3.71. The van der Waals surface area contributed by atoms with Crippen LogP contribution in [0.5, 0.6) is 0 Å². The number of halogens is 2. The van der Waals surface area contributed by atoms with Gasteiger partial charge in [-0.05, 0) is 66.1 Å². The molecule has 0 spiro atoms. The zero-order valence-electron chi connectivity index (χ0n) is 11.7. The lowest BCUT2D eigenvalue weighted by atomic mass is 9.96. The van der Waals surface area contributed by atoms with Crippen molar-refractivity contribution in [1.29, 1.82) is 0 Å². The highest BCUT2D eigenvalue weighted by atomic mass is 35.5. The molecule has 0 aromatic heterocycles. The SMILES string of the molecule is NNC(Cc1cc(F)ccc1Cl)c1ccc2c(c1)CCC2. The van der Waals surface area contributed by atoms with E-state index in [0.717, 1.165) is 24.0 Å². The maximum Gasteiger partial charge on any atom is 0.123 e. The van der Waals surface area contributed by atoms with E-state index in [9.17, 15) is 4.39 Å². The molecule has 0 saturated heterocycles. The number of hydrogen-bond donors (Lipinski definition) is 2. The van der Waals surface area contributed by atoms with Crippen LogP contribution in [0.2, 0.25) is 5.02 Å². The molecular weight excluding hydrogens is 287 g/mol. The van der Waals surface area contributed by atoms with Crippen LogP contribution in [0.15, 0.2) is 36.4 Å². The number of benzene rings is 2. The maximum absolute atomic E-state index is 13.4. The summed E-state index contributed by atoms with van der Waals surface area (Å²) in [6.45, 7) is 0. The van der Waals surface area contributed by atoms with E-state index in [4.69, 9.17) is 17.4 Å². The van der Waals surface area contributed by atoms with Crippen LogP contribution in [-0.4, -0.2) is 0 Å². The van der Waals surface area contributed by atoms with E-state index < -0.39 is 0 Å². The van der Waals surface area contributed by atoms with E-state index in [0.29, 0.717) is 11.4 Å². The molecule has 0 heterocycles. The second kappa shape index (κ2) is 6.14. The fraction of sp³-hybridized carbons (Fsp3) is 0.294. The van der Waals surface area contributed by atoms with Crippen LogP contribution in [0, 0.1) is 5.82 Å². The molecule has 3 N–H and O–H groups in total. The molecule has 0 bridgehead atoms. The van der Waals surface area contributed by atoms with Crippen LogP contribution < -0.4 is 11.3 Å². The van der Waals surface area contributed by atoms with Gasteiger partial charge in [0.2, 0.25) is 0 Å². The molecular formula is C17H18ClFN2. The molecule has 1 aliphatic carbocycles. The van der Waals surface area contributed by atoms with Crippen LogP contribution in [0.4, 0.5) is 4.39 Å². The summed E-state index contributed by atoms with van der Waals surface area (Å²) in [5, 5.41) is 0.567. The molecule has 3 rings (SSSR count). The molecule has 0 radical (unpaired) electrons. The van der Waals surface area contributed by atoms with Crippen LogP contribution in [0.1, 0.15) is 34.7 Å². The van der Waals surface area contributed by atoms with Gasteiger partial charge in [-0.2, -0.15) is 0 Å². The van der Waals surface area contributed by atoms with Crippen molar-refractivity contribution in [3.8, 4) is 0 Å². The number of nitrogens with one attached hydrogen (secondary N) is 1. The summed E-state index contributed by atoms with van der Waals surface area (Å²) in [6.07, 6.45) is 4.06. The number of hydrazine groups is 1. The first kappa shape index (κ1) is 14.5. The van der Waals surface area contributed by atoms with Crippen LogP contribution in [-0.2, 0) is 19.3 Å². The number of rotatable bonds is 4. The standard InChI is InChI=1S/C17H18ClFN2/c18-16-7-6-15(19)9-14(16)10-17(21-20)13-5-4-11-2-1-3-12(11)8-13/h4-9,17,21H,1-3,10,20H2. The van der Waals surface area contributed by atoms with Crippen molar-refractivity contribution in [3.05, 3.63) is 69.5 Å². The Kier molecular flexibility index (Phi) is 4.24. The lowest BCUT2D eigenvalue weighted by molar-refractivity contribution is 0.548. The third-order valence-electron chi connectivity index (χ3n) is 4.16. The second-order valence-electron chi connectivity index (χ2n) is 5.54. The number of aryl methyl sites for hydroxylation is 2. The molecule has 0 fully saturated rings. The summed E-state index contributed by atoms with van der Waals surface area (Å²) < 4.78 is 13.4. The van der Waals surface area contributed by atoms with E-state index in [1.54, 1.807) is 6.07 Å². The first-order valence-electron chi connectivity index (χ1n) is 7.19. The van der Waals surface area contributed by atoms with Crippen LogP contribution in [0.3, 0.4) is 0 Å². The summed E-state index contributed by atoms with van der Waals surface area (Å²) in [5.74, 6) is 5.42. The average molecular weight is 305 g/mol. The van der Waals surface area contributed by atoms with Gasteiger partial charge in [0.1, 0.15) is 5.82 Å². The fourth-order valence-corrected chi connectivity index (χ4v) is 3.20. The molecule has 2 aromatic carbocycles. The normalized spacial score (nSPS) is 15.0. The van der Waals surface area contributed by atoms with Crippen molar-refractivity contribution in [2.45, 2.75) is 31.7 Å². The fourth-order valence-electron chi connectivity index (χ4n) is 3.00. The Hall–Kier alpha value is -1.42. The first-order valence-corrected chi connectivity index (χ1v) is 7.57. The highest BCUT2D eigenvalue weighted by Gasteiger charge is 2.17. The molecule has 1 atom stereocenters. The van der Waals surface area contributed by atoms with Gasteiger partial charge in [0.25, 0.3) is 0 Å². The topological polar surface area (TPSA) is 38.0 Å². The van der Waals surface area contributed by atoms with Crippen LogP contribution in [0.25, 0.3) is 0 Å². The minimum atomic E-state index is -0.279. The molecule has 0 saturated carbocycles. The average Bonchev–Trinajstić information content (AvgIpc) is 2.95. The smallest absolute Gasteiger partial charge is 0.123 e. The van der Waals surface area contributed by atoms with E-state index >= 15 is 0 Å². The lowest BCUT2D eigenvalue weighted by Gasteiger charge is -2.18. The van der Waals surface area contributed by atoms with Crippen LogP contribution >= 0.6 is 11.6 Å². The molecule has 0 amide bonds. The molecule has 21 heavy (non-hydrogen) atoms. The number of fused-ring (bicyclic) bond motifs is 1. The van der Waals surface area contributed by atoms with Gasteiger partial charge < -0.3 is 0 Å². The van der Waals surface area contributed by atoms with Gasteiger partial charge in [-0.1, -0.05) is 29.8 Å². The van der Waals surface area contributed by atoms with Gasteiger partial charge in [0, 0.05) is 5.02 Å². The van der Waals surface area contributed by atoms with Gasteiger partial charge in [-0.3, -0.25) is 11.3 Å². The maximum atomic E-state index is 13.4. The van der Waals surface area contributed by atoms with E-state index in [2.05, 4.69) is 23.6 Å². The minimum Gasteiger partial charge on any atom is -0.271 e. The van der Waals surface area contributed by atoms with Crippen molar-refractivity contribution in [2.75, 3.05) is 0 Å². The highest BCUT2D eigenvalue weighted by molar-refractivity contribution is 6.31. The summed E-state index contributed by atoms with van der Waals surface area (Å²) in [5.41, 5.74) is 7.54. The van der Waals surface area contributed by atoms with Crippen molar-refractivity contribution < 1.29 is 4.39 Å². The van der Waals surface area contributed by atoms with Crippen molar-refractivity contribution in [3.63, 3.8) is 0 Å². The Morgan fingerprint density at radius 2 is 1.95 bits per heavy atom. The Balaban J connectivity index is 1.86. The number of hydrogen-bond acceptors (Lipinski definition) is 2. The Morgan fingerprint density at radius 3 is 2.76 bits per heavy atom. The molecule has 2 nitrogen and oxygen atoms in total. The molecule has 2 aromatic rings. The van der Waals surface area contributed by atoms with Gasteiger partial charge >= 0.3 is 0 Å². The third-order valence-corrected chi connectivity index (χ3v) is 4.53. The molecule has 1 unspecified atom stereocenters. The van der Waals surface area contributed by atoms with Gasteiger partial charge in [0.05, 0.1) is 6.04 Å². The third kappa shape index (κ3) is 3.10. The summed E-state index contributed by atoms with van der Waals surface area (Å²) in [6, 6.07) is 10.8. The van der Waals surface area contributed by atoms with Gasteiger partial charge in [-0.15, -0.1) is 0 Å². The predicted molar refractivity (Wildman–Crippen MR) is 83.6 cm³/mol. The zero-order valence-corrected chi connectivity index (χ0v) is 12.5. The second-order valence-corrected chi connectivity index (χ2v) is 5.95. The van der Waals surface area contributed by atoms with E-state index in [-0.39, 0.29) is 11.9 Å². The molecule has 110 valence electrons. The van der Waals surface area contributed by atoms with E-state index in [1.165, 1.54) is 29.7 Å². The minimum absolute atomic E-state index is 0.0739. The highest BCUT2D eigenvalue weighted by Crippen LogP contribution is 2.28. The quantitative estimate of drug-likeness (QED) is 0.667. The monoisotopic (exact) mass is 304 g/mol. The zero-order chi connectivity index (χ0) is 14.8. The Morgan fingerprint density at radius 1 is 1.14 bits per heavy atom. The molecule has 4 heteroatoms.